The van der Waals surface area contributed by atoms with Crippen molar-refractivity contribution in [2.75, 3.05) is 25.0 Å². The van der Waals surface area contributed by atoms with Gasteiger partial charge in [-0.3, -0.25) is 0 Å². The molecule has 0 bridgehead atoms. The molecule has 0 spiro atoms. The number of rotatable bonds is 8. The van der Waals surface area contributed by atoms with Gasteiger partial charge in [0.05, 0.1) is 0 Å². The largest absolute Gasteiger partial charge is 0.303 e. The van der Waals surface area contributed by atoms with E-state index in [0.29, 0.717) is 5.41 Å². The molecule has 0 saturated heterocycles. The van der Waals surface area contributed by atoms with Crippen LogP contribution in [0.3, 0.4) is 0 Å². The molecule has 0 saturated carbocycles. The maximum atomic E-state index is 3.60. The van der Waals surface area contributed by atoms with E-state index in [4.69, 9.17) is 0 Å². The lowest BCUT2D eigenvalue weighted by Gasteiger charge is -2.32. The van der Waals surface area contributed by atoms with E-state index < -0.39 is 0 Å². The van der Waals surface area contributed by atoms with Gasteiger partial charge < -0.3 is 4.90 Å². The van der Waals surface area contributed by atoms with Crippen molar-refractivity contribution in [3.63, 3.8) is 0 Å². The first-order chi connectivity index (χ1) is 6.99. The number of alkyl halides is 1. The summed E-state index contributed by atoms with van der Waals surface area (Å²) in [6.07, 6.45) is 2.61. The zero-order chi connectivity index (χ0) is 11.9. The van der Waals surface area contributed by atoms with E-state index >= 15 is 0 Å². The van der Waals surface area contributed by atoms with Crippen LogP contribution in [-0.2, 0) is 0 Å². The Bertz CT molecular complexity index is 153. The molecule has 0 N–H and O–H groups in total. The molecule has 0 aromatic rings. The van der Waals surface area contributed by atoms with Gasteiger partial charge in [0.1, 0.15) is 0 Å². The van der Waals surface area contributed by atoms with Crippen LogP contribution in [0.5, 0.6) is 0 Å². The van der Waals surface area contributed by atoms with Crippen LogP contribution in [-0.4, -0.2) is 29.9 Å². The molecule has 0 aromatic carbocycles. The number of hydrogen-bond acceptors (Lipinski definition) is 1. The second kappa shape index (κ2) is 7.67. The van der Waals surface area contributed by atoms with Crippen LogP contribution in [0.15, 0.2) is 0 Å². The lowest BCUT2D eigenvalue weighted by atomic mass is 9.94. The Balaban J connectivity index is 4.13. The van der Waals surface area contributed by atoms with Crippen LogP contribution in [0.1, 0.15) is 47.5 Å². The summed E-state index contributed by atoms with van der Waals surface area (Å²) < 4.78 is 0. The van der Waals surface area contributed by atoms with E-state index in [1.54, 1.807) is 0 Å². The van der Waals surface area contributed by atoms with Gasteiger partial charge in [-0.2, -0.15) is 0 Å². The van der Waals surface area contributed by atoms with Crippen molar-refractivity contribution in [3.8, 4) is 0 Å². The Labute approximate surface area is 105 Å². The van der Waals surface area contributed by atoms with Gasteiger partial charge in [-0.05, 0) is 17.9 Å². The fourth-order valence-electron chi connectivity index (χ4n) is 1.87. The topological polar surface area (TPSA) is 3.24 Å². The molecule has 0 aromatic heterocycles. The van der Waals surface area contributed by atoms with Crippen LogP contribution >= 0.6 is 15.9 Å². The molecule has 0 rings (SSSR count). The van der Waals surface area contributed by atoms with Crippen molar-refractivity contribution in [3.05, 3.63) is 0 Å². The molecule has 1 nitrogen and oxygen atoms in total. The standard InChI is InChI=1S/C13H28BrN/c1-6-12(7-2)9-15(8-3)11-13(4,5)10-14/h12H,6-11H2,1-5H3. The van der Waals surface area contributed by atoms with Crippen LogP contribution in [0.2, 0.25) is 0 Å². The average Bonchev–Trinajstić information content (AvgIpc) is 2.24. The summed E-state index contributed by atoms with van der Waals surface area (Å²) >= 11 is 3.60. The predicted octanol–water partition coefficient (Wildman–Crippen LogP) is 4.17. The minimum atomic E-state index is 0.391. The minimum absolute atomic E-state index is 0.391. The molecule has 0 fully saturated rings. The van der Waals surface area contributed by atoms with Crippen molar-refractivity contribution in [2.45, 2.75) is 47.5 Å². The van der Waals surface area contributed by atoms with Gasteiger partial charge >= 0.3 is 0 Å². The summed E-state index contributed by atoms with van der Waals surface area (Å²) in [6, 6.07) is 0. The van der Waals surface area contributed by atoms with Crippen LogP contribution < -0.4 is 0 Å². The second-order valence-corrected chi connectivity index (χ2v) is 5.87. The monoisotopic (exact) mass is 277 g/mol. The first-order valence-electron chi connectivity index (χ1n) is 6.27. The third kappa shape index (κ3) is 6.57. The summed E-state index contributed by atoms with van der Waals surface area (Å²) in [5.74, 6) is 0.871. The van der Waals surface area contributed by atoms with Gasteiger partial charge in [-0.25, -0.2) is 0 Å². The van der Waals surface area contributed by atoms with E-state index in [-0.39, 0.29) is 0 Å². The minimum Gasteiger partial charge on any atom is -0.303 e. The van der Waals surface area contributed by atoms with E-state index in [1.807, 2.05) is 0 Å². The highest BCUT2D eigenvalue weighted by atomic mass is 79.9. The number of hydrogen-bond donors (Lipinski definition) is 0. The first-order valence-corrected chi connectivity index (χ1v) is 7.39. The van der Waals surface area contributed by atoms with Crippen molar-refractivity contribution >= 4 is 15.9 Å². The molecule has 92 valence electrons. The Kier molecular flexibility index (Phi) is 7.90. The second-order valence-electron chi connectivity index (χ2n) is 5.31. The van der Waals surface area contributed by atoms with Gasteiger partial charge in [0.15, 0.2) is 0 Å². The normalized spacial score (nSPS) is 12.8. The third-order valence-corrected chi connectivity index (χ3v) is 4.65. The van der Waals surface area contributed by atoms with Crippen LogP contribution in [0.25, 0.3) is 0 Å². The summed E-state index contributed by atoms with van der Waals surface area (Å²) in [5.41, 5.74) is 0.391. The highest BCUT2D eigenvalue weighted by molar-refractivity contribution is 9.09. The Morgan fingerprint density at radius 2 is 1.67 bits per heavy atom. The summed E-state index contributed by atoms with van der Waals surface area (Å²) in [4.78, 5) is 2.60. The zero-order valence-corrected chi connectivity index (χ0v) is 12.7. The number of halogens is 1. The van der Waals surface area contributed by atoms with E-state index in [9.17, 15) is 0 Å². The van der Waals surface area contributed by atoms with Crippen molar-refractivity contribution in [1.82, 2.24) is 4.90 Å². The Hall–Kier alpha value is 0.440. The van der Waals surface area contributed by atoms with E-state index in [2.05, 4.69) is 55.4 Å². The molecule has 0 heterocycles. The van der Waals surface area contributed by atoms with Gasteiger partial charge in [-0.1, -0.05) is 63.4 Å². The van der Waals surface area contributed by atoms with Gasteiger partial charge in [-0.15, -0.1) is 0 Å². The lowest BCUT2D eigenvalue weighted by Crippen LogP contribution is -2.38. The smallest absolute Gasteiger partial charge is 0.00949 e. The maximum absolute atomic E-state index is 3.60. The fourth-order valence-corrected chi connectivity index (χ4v) is 2.04. The van der Waals surface area contributed by atoms with Crippen molar-refractivity contribution in [2.24, 2.45) is 11.3 Å². The molecule has 0 atom stereocenters. The van der Waals surface area contributed by atoms with Crippen LogP contribution in [0.4, 0.5) is 0 Å². The highest BCUT2D eigenvalue weighted by Gasteiger charge is 2.20. The SMILES string of the molecule is CCC(CC)CN(CC)CC(C)(C)CBr. The van der Waals surface area contributed by atoms with E-state index in [1.165, 1.54) is 32.5 Å². The first kappa shape index (κ1) is 15.4. The molecule has 0 amide bonds. The molecule has 0 radical (unpaired) electrons. The zero-order valence-electron chi connectivity index (χ0n) is 11.1. The molecule has 15 heavy (non-hydrogen) atoms. The fraction of sp³-hybridized carbons (Fsp3) is 1.00. The van der Waals surface area contributed by atoms with Crippen molar-refractivity contribution < 1.29 is 0 Å². The molecule has 2 heteroatoms. The quantitative estimate of drug-likeness (QED) is 0.602. The predicted molar refractivity (Wildman–Crippen MR) is 73.8 cm³/mol. The summed E-state index contributed by atoms with van der Waals surface area (Å²) in [7, 11) is 0. The highest BCUT2D eigenvalue weighted by Crippen LogP contribution is 2.21. The number of nitrogens with zero attached hydrogens (tertiary/aromatic N) is 1. The lowest BCUT2D eigenvalue weighted by molar-refractivity contribution is 0.173. The van der Waals surface area contributed by atoms with E-state index in [0.717, 1.165) is 11.2 Å². The van der Waals surface area contributed by atoms with Crippen LogP contribution in [0, 0.1) is 11.3 Å². The van der Waals surface area contributed by atoms with Gasteiger partial charge in [0, 0.05) is 18.4 Å². The van der Waals surface area contributed by atoms with Gasteiger partial charge in [0.2, 0.25) is 0 Å². The molecule has 0 aliphatic rings. The molecule has 0 aliphatic carbocycles. The summed E-state index contributed by atoms with van der Waals surface area (Å²) in [5, 5.41) is 1.08. The Morgan fingerprint density at radius 3 is 2.00 bits per heavy atom. The average molecular weight is 278 g/mol. The van der Waals surface area contributed by atoms with Crippen molar-refractivity contribution in [1.29, 1.82) is 0 Å². The Morgan fingerprint density at radius 1 is 1.13 bits per heavy atom. The maximum Gasteiger partial charge on any atom is 0.00949 e. The molecule has 0 unspecified atom stereocenters. The molecular formula is C13H28BrN. The molecule has 0 aliphatic heterocycles. The van der Waals surface area contributed by atoms with Gasteiger partial charge in [0.25, 0.3) is 0 Å². The summed E-state index contributed by atoms with van der Waals surface area (Å²) in [6.45, 7) is 15.2. The molecular weight excluding hydrogens is 250 g/mol. The third-order valence-electron chi connectivity index (χ3n) is 3.13.